The molecule has 0 atom stereocenters. The molecule has 2 heteroatoms. The van der Waals surface area contributed by atoms with E-state index < -0.39 is 0 Å². The lowest BCUT2D eigenvalue weighted by molar-refractivity contribution is -0.0436. The molecule has 0 aliphatic carbocycles. The molecule has 1 heterocycles. The smallest absolute Gasteiger partial charge is 0.115 e. The Hall–Kier alpha value is -1.80. The molecule has 0 radical (unpaired) electrons. The van der Waals surface area contributed by atoms with Crippen LogP contribution in [0.3, 0.4) is 0 Å². The third-order valence-electron chi connectivity index (χ3n) is 4.43. The van der Waals surface area contributed by atoms with Crippen molar-refractivity contribution in [3.05, 3.63) is 53.6 Å². The summed E-state index contributed by atoms with van der Waals surface area (Å²) < 4.78 is 6.15. The van der Waals surface area contributed by atoms with Crippen molar-refractivity contribution < 1.29 is 9.84 Å². The molecule has 3 rings (SSSR count). The molecule has 2 aromatic rings. The van der Waals surface area contributed by atoms with Crippen molar-refractivity contribution >= 4 is 0 Å². The molecule has 0 aromatic heterocycles. The Morgan fingerprint density at radius 3 is 2.40 bits per heavy atom. The highest BCUT2D eigenvalue weighted by Crippen LogP contribution is 2.46. The Balaban J connectivity index is 2.19. The summed E-state index contributed by atoms with van der Waals surface area (Å²) >= 11 is 0. The van der Waals surface area contributed by atoms with Crippen LogP contribution in [0.1, 0.15) is 37.8 Å². The molecule has 0 saturated heterocycles. The highest BCUT2D eigenvalue weighted by atomic mass is 16.5. The summed E-state index contributed by atoms with van der Waals surface area (Å²) in [5.74, 6) is 0.301. The average molecular weight is 268 g/mol. The summed E-state index contributed by atoms with van der Waals surface area (Å²) in [5, 5.41) is 9.47. The third kappa shape index (κ3) is 1.92. The van der Waals surface area contributed by atoms with Gasteiger partial charge in [-0.2, -0.15) is 0 Å². The van der Waals surface area contributed by atoms with Crippen LogP contribution in [-0.2, 0) is 16.9 Å². The number of ether oxygens (including phenoxy) is 1. The monoisotopic (exact) mass is 268 g/mol. The molecule has 1 aliphatic rings. The van der Waals surface area contributed by atoms with Crippen molar-refractivity contribution in [3.8, 4) is 16.9 Å². The summed E-state index contributed by atoms with van der Waals surface area (Å²) in [5.41, 5.74) is 4.82. The van der Waals surface area contributed by atoms with Crippen LogP contribution in [0.2, 0.25) is 0 Å². The van der Waals surface area contributed by atoms with E-state index >= 15 is 0 Å². The summed E-state index contributed by atoms with van der Waals surface area (Å²) in [7, 11) is 0. The largest absolute Gasteiger partial charge is 0.508 e. The molecule has 2 nitrogen and oxygen atoms in total. The molecule has 0 saturated carbocycles. The zero-order valence-corrected chi connectivity index (χ0v) is 12.0. The Kier molecular flexibility index (Phi) is 3.27. The predicted octanol–water partition coefficient (Wildman–Crippen LogP) is 4.60. The fourth-order valence-electron chi connectivity index (χ4n) is 3.24. The lowest BCUT2D eigenvalue weighted by atomic mass is 9.82. The van der Waals surface area contributed by atoms with Crippen molar-refractivity contribution in [2.75, 3.05) is 0 Å². The first-order valence-corrected chi connectivity index (χ1v) is 7.26. The van der Waals surface area contributed by atoms with Crippen molar-refractivity contribution in [1.29, 1.82) is 0 Å². The molecule has 20 heavy (non-hydrogen) atoms. The standard InChI is InChI=1S/C18H20O2/c1-3-18(4-2)17-14(12-20-18)6-5-7-16(17)13-8-10-15(19)11-9-13/h5-11,19H,3-4,12H2,1-2H3. The molecule has 104 valence electrons. The molecule has 0 spiro atoms. The quantitative estimate of drug-likeness (QED) is 0.881. The van der Waals surface area contributed by atoms with Crippen LogP contribution in [-0.4, -0.2) is 5.11 Å². The van der Waals surface area contributed by atoms with E-state index in [1.54, 1.807) is 12.1 Å². The van der Waals surface area contributed by atoms with E-state index in [-0.39, 0.29) is 5.60 Å². The van der Waals surface area contributed by atoms with Gasteiger partial charge >= 0.3 is 0 Å². The Labute approximate surface area is 120 Å². The molecular formula is C18H20O2. The van der Waals surface area contributed by atoms with Crippen LogP contribution in [0.5, 0.6) is 5.75 Å². The van der Waals surface area contributed by atoms with Gasteiger partial charge in [0.05, 0.1) is 12.2 Å². The molecule has 1 N–H and O–H groups in total. The minimum absolute atomic E-state index is 0.163. The number of hydrogen-bond acceptors (Lipinski definition) is 2. The van der Waals surface area contributed by atoms with Crippen molar-refractivity contribution in [1.82, 2.24) is 0 Å². The fraction of sp³-hybridized carbons (Fsp3) is 0.333. The van der Waals surface area contributed by atoms with Crippen LogP contribution in [0, 0.1) is 0 Å². The van der Waals surface area contributed by atoms with E-state index in [4.69, 9.17) is 4.74 Å². The maximum atomic E-state index is 9.47. The van der Waals surface area contributed by atoms with Gasteiger partial charge in [0.2, 0.25) is 0 Å². The van der Waals surface area contributed by atoms with E-state index in [1.165, 1.54) is 16.7 Å². The number of phenolic OH excluding ortho intramolecular Hbond substituents is 1. The number of rotatable bonds is 3. The first kappa shape index (κ1) is 13.2. The summed E-state index contributed by atoms with van der Waals surface area (Å²) in [6.45, 7) is 5.07. The zero-order valence-electron chi connectivity index (χ0n) is 12.0. The second-order valence-electron chi connectivity index (χ2n) is 5.38. The van der Waals surface area contributed by atoms with Gasteiger partial charge in [-0.1, -0.05) is 44.2 Å². The first-order valence-electron chi connectivity index (χ1n) is 7.26. The number of benzene rings is 2. The van der Waals surface area contributed by atoms with E-state index in [1.807, 2.05) is 12.1 Å². The lowest BCUT2D eigenvalue weighted by Gasteiger charge is -2.29. The van der Waals surface area contributed by atoms with Gasteiger partial charge in [0.25, 0.3) is 0 Å². The average Bonchev–Trinajstić information content (AvgIpc) is 2.87. The second kappa shape index (κ2) is 4.95. The molecule has 0 amide bonds. The van der Waals surface area contributed by atoms with Crippen molar-refractivity contribution in [2.45, 2.75) is 38.9 Å². The number of hydrogen-bond donors (Lipinski definition) is 1. The highest BCUT2D eigenvalue weighted by molar-refractivity contribution is 5.71. The van der Waals surface area contributed by atoms with Gasteiger partial charge in [-0.15, -0.1) is 0 Å². The number of fused-ring (bicyclic) bond motifs is 1. The van der Waals surface area contributed by atoms with Gasteiger partial charge in [-0.05, 0) is 47.2 Å². The van der Waals surface area contributed by atoms with Gasteiger partial charge in [0.15, 0.2) is 0 Å². The van der Waals surface area contributed by atoms with Gasteiger partial charge in [0, 0.05) is 0 Å². The lowest BCUT2D eigenvalue weighted by Crippen LogP contribution is -2.23. The van der Waals surface area contributed by atoms with Crippen molar-refractivity contribution in [2.24, 2.45) is 0 Å². The second-order valence-corrected chi connectivity index (χ2v) is 5.38. The maximum Gasteiger partial charge on any atom is 0.115 e. The molecule has 0 unspecified atom stereocenters. The minimum atomic E-state index is -0.163. The molecule has 2 aromatic carbocycles. The topological polar surface area (TPSA) is 29.5 Å². The van der Waals surface area contributed by atoms with Crippen LogP contribution >= 0.6 is 0 Å². The van der Waals surface area contributed by atoms with E-state index in [2.05, 4.69) is 32.0 Å². The minimum Gasteiger partial charge on any atom is -0.508 e. The number of aromatic hydroxyl groups is 1. The van der Waals surface area contributed by atoms with Gasteiger partial charge in [-0.3, -0.25) is 0 Å². The summed E-state index contributed by atoms with van der Waals surface area (Å²) in [6.07, 6.45) is 1.96. The van der Waals surface area contributed by atoms with Gasteiger partial charge in [0.1, 0.15) is 5.75 Å². The van der Waals surface area contributed by atoms with E-state index in [9.17, 15) is 5.11 Å². The van der Waals surface area contributed by atoms with Crippen LogP contribution in [0.4, 0.5) is 0 Å². The predicted molar refractivity (Wildman–Crippen MR) is 80.6 cm³/mol. The van der Waals surface area contributed by atoms with Crippen molar-refractivity contribution in [3.63, 3.8) is 0 Å². The van der Waals surface area contributed by atoms with E-state index in [0.29, 0.717) is 12.4 Å². The molecule has 1 aliphatic heterocycles. The summed E-state index contributed by atoms with van der Waals surface area (Å²) in [6, 6.07) is 13.8. The van der Waals surface area contributed by atoms with E-state index in [0.717, 1.165) is 18.4 Å². The summed E-state index contributed by atoms with van der Waals surface area (Å²) in [4.78, 5) is 0. The highest BCUT2D eigenvalue weighted by Gasteiger charge is 2.38. The Morgan fingerprint density at radius 2 is 1.75 bits per heavy atom. The van der Waals surface area contributed by atoms with Crippen LogP contribution in [0.25, 0.3) is 11.1 Å². The zero-order chi connectivity index (χ0) is 14.2. The molecule has 0 bridgehead atoms. The SMILES string of the molecule is CCC1(CC)OCc2cccc(-c3ccc(O)cc3)c21. The Morgan fingerprint density at radius 1 is 1.05 bits per heavy atom. The van der Waals surface area contributed by atoms with Gasteiger partial charge in [-0.25, -0.2) is 0 Å². The molecule has 0 fully saturated rings. The Bertz CT molecular complexity index is 610. The molecular weight excluding hydrogens is 248 g/mol. The third-order valence-corrected chi connectivity index (χ3v) is 4.43. The number of phenols is 1. The van der Waals surface area contributed by atoms with Crippen LogP contribution < -0.4 is 0 Å². The van der Waals surface area contributed by atoms with Crippen LogP contribution in [0.15, 0.2) is 42.5 Å². The van der Waals surface area contributed by atoms with Gasteiger partial charge < -0.3 is 9.84 Å². The fourth-order valence-corrected chi connectivity index (χ4v) is 3.24. The normalized spacial score (nSPS) is 16.1. The first-order chi connectivity index (χ1) is 9.70. The maximum absolute atomic E-state index is 9.47.